The highest BCUT2D eigenvalue weighted by Crippen LogP contribution is 2.42. The number of fused-ring (bicyclic) bond motifs is 1. The number of H-pyrrole nitrogens is 1. The van der Waals surface area contributed by atoms with Gasteiger partial charge in [0.2, 0.25) is 0 Å². The van der Waals surface area contributed by atoms with E-state index in [4.69, 9.17) is 21.1 Å². The summed E-state index contributed by atoms with van der Waals surface area (Å²) in [6.45, 7) is 2.13. The van der Waals surface area contributed by atoms with E-state index in [0.717, 1.165) is 43.6 Å². The second kappa shape index (κ2) is 6.77. The SMILES string of the molecule is CCc1cc(OC)c(OC)cc1Sc1c[nH]c2cccc(Cl)c12. The number of methoxy groups -OCH3 is 2. The van der Waals surface area contributed by atoms with Crippen LogP contribution in [0.5, 0.6) is 11.5 Å². The fraction of sp³-hybridized carbons (Fsp3) is 0.222. The molecule has 0 unspecified atom stereocenters. The molecule has 0 amide bonds. The zero-order chi connectivity index (χ0) is 16.4. The van der Waals surface area contributed by atoms with Crippen molar-refractivity contribution in [2.24, 2.45) is 0 Å². The predicted molar refractivity (Wildman–Crippen MR) is 96.4 cm³/mol. The Bertz CT molecular complexity index is 844. The van der Waals surface area contributed by atoms with Crippen LogP contribution >= 0.6 is 23.4 Å². The van der Waals surface area contributed by atoms with Gasteiger partial charge in [-0.2, -0.15) is 0 Å². The first-order valence-electron chi connectivity index (χ1n) is 7.36. The van der Waals surface area contributed by atoms with Crippen molar-refractivity contribution in [2.75, 3.05) is 14.2 Å². The van der Waals surface area contributed by atoms with Crippen LogP contribution in [-0.4, -0.2) is 19.2 Å². The molecule has 2 aromatic carbocycles. The van der Waals surface area contributed by atoms with Gasteiger partial charge < -0.3 is 14.5 Å². The Kier molecular flexibility index (Phi) is 4.74. The fourth-order valence-corrected chi connectivity index (χ4v) is 4.09. The highest BCUT2D eigenvalue weighted by Gasteiger charge is 2.14. The number of hydrogen-bond acceptors (Lipinski definition) is 3. The highest BCUT2D eigenvalue weighted by atomic mass is 35.5. The lowest BCUT2D eigenvalue weighted by Gasteiger charge is -2.13. The third kappa shape index (κ3) is 3.01. The van der Waals surface area contributed by atoms with Crippen molar-refractivity contribution in [1.82, 2.24) is 4.98 Å². The Morgan fingerprint density at radius 1 is 1.09 bits per heavy atom. The quantitative estimate of drug-likeness (QED) is 0.656. The van der Waals surface area contributed by atoms with Crippen LogP contribution in [0.4, 0.5) is 0 Å². The van der Waals surface area contributed by atoms with Gasteiger partial charge in [-0.1, -0.05) is 36.4 Å². The van der Waals surface area contributed by atoms with Crippen LogP contribution in [-0.2, 0) is 6.42 Å². The molecule has 1 N–H and O–H groups in total. The van der Waals surface area contributed by atoms with E-state index in [9.17, 15) is 0 Å². The molecule has 1 heterocycles. The number of aryl methyl sites for hydroxylation is 1. The van der Waals surface area contributed by atoms with Crippen LogP contribution in [0.2, 0.25) is 5.02 Å². The van der Waals surface area contributed by atoms with Crippen LogP contribution in [0.1, 0.15) is 12.5 Å². The lowest BCUT2D eigenvalue weighted by molar-refractivity contribution is 0.353. The summed E-state index contributed by atoms with van der Waals surface area (Å²) in [7, 11) is 3.31. The lowest BCUT2D eigenvalue weighted by atomic mass is 10.1. The first-order chi connectivity index (χ1) is 11.2. The molecule has 5 heteroatoms. The number of benzene rings is 2. The molecule has 23 heavy (non-hydrogen) atoms. The molecule has 3 rings (SSSR count). The van der Waals surface area contributed by atoms with E-state index >= 15 is 0 Å². The molecule has 0 bridgehead atoms. The van der Waals surface area contributed by atoms with Crippen molar-refractivity contribution in [3.63, 3.8) is 0 Å². The molecular weight excluding hydrogens is 330 g/mol. The summed E-state index contributed by atoms with van der Waals surface area (Å²) in [6.07, 6.45) is 2.91. The van der Waals surface area contributed by atoms with Crippen LogP contribution in [0.15, 0.2) is 46.3 Å². The van der Waals surface area contributed by atoms with Crippen molar-refractivity contribution in [3.05, 3.63) is 47.1 Å². The van der Waals surface area contributed by atoms with Gasteiger partial charge in [-0.3, -0.25) is 0 Å². The normalized spacial score (nSPS) is 11.0. The molecule has 1 aromatic heterocycles. The zero-order valence-electron chi connectivity index (χ0n) is 13.3. The van der Waals surface area contributed by atoms with Gasteiger partial charge in [0.05, 0.1) is 19.2 Å². The molecule has 0 aliphatic carbocycles. The second-order valence-corrected chi connectivity index (χ2v) is 6.58. The summed E-state index contributed by atoms with van der Waals surface area (Å²) in [6, 6.07) is 9.96. The Labute approximate surface area is 144 Å². The summed E-state index contributed by atoms with van der Waals surface area (Å²) in [5.41, 5.74) is 2.26. The third-order valence-electron chi connectivity index (χ3n) is 3.79. The number of hydrogen-bond donors (Lipinski definition) is 1. The Morgan fingerprint density at radius 2 is 1.83 bits per heavy atom. The van der Waals surface area contributed by atoms with E-state index in [-0.39, 0.29) is 0 Å². The van der Waals surface area contributed by atoms with Crippen molar-refractivity contribution in [1.29, 1.82) is 0 Å². The van der Waals surface area contributed by atoms with Crippen molar-refractivity contribution in [2.45, 2.75) is 23.1 Å². The van der Waals surface area contributed by atoms with Crippen molar-refractivity contribution < 1.29 is 9.47 Å². The van der Waals surface area contributed by atoms with Gasteiger partial charge in [0.25, 0.3) is 0 Å². The molecule has 120 valence electrons. The Hall–Kier alpha value is -1.78. The maximum absolute atomic E-state index is 6.37. The number of aromatic nitrogens is 1. The summed E-state index contributed by atoms with van der Waals surface area (Å²) in [5, 5.41) is 1.81. The average molecular weight is 348 g/mol. The molecule has 0 saturated heterocycles. The Morgan fingerprint density at radius 3 is 2.52 bits per heavy atom. The van der Waals surface area contributed by atoms with Crippen LogP contribution in [0.25, 0.3) is 10.9 Å². The van der Waals surface area contributed by atoms with Crippen LogP contribution in [0.3, 0.4) is 0 Å². The van der Waals surface area contributed by atoms with E-state index < -0.39 is 0 Å². The van der Waals surface area contributed by atoms with Crippen molar-refractivity contribution in [3.8, 4) is 11.5 Å². The van der Waals surface area contributed by atoms with E-state index in [1.807, 2.05) is 36.5 Å². The first kappa shape index (κ1) is 16.1. The van der Waals surface area contributed by atoms with Gasteiger partial charge >= 0.3 is 0 Å². The maximum atomic E-state index is 6.37. The lowest BCUT2D eigenvalue weighted by Crippen LogP contribution is -1.94. The molecule has 0 fully saturated rings. The number of rotatable bonds is 5. The van der Waals surface area contributed by atoms with E-state index in [1.165, 1.54) is 5.56 Å². The van der Waals surface area contributed by atoms with E-state index in [2.05, 4.69) is 11.9 Å². The molecule has 3 nitrogen and oxygen atoms in total. The topological polar surface area (TPSA) is 34.2 Å². The van der Waals surface area contributed by atoms with Gasteiger partial charge in [0.1, 0.15) is 0 Å². The molecule has 0 radical (unpaired) electrons. The van der Waals surface area contributed by atoms with Crippen molar-refractivity contribution >= 4 is 34.3 Å². The molecule has 0 aliphatic rings. The van der Waals surface area contributed by atoms with Crippen LogP contribution in [0, 0.1) is 0 Å². The second-order valence-electron chi connectivity index (χ2n) is 5.09. The number of halogens is 1. The first-order valence-corrected chi connectivity index (χ1v) is 8.55. The third-order valence-corrected chi connectivity index (χ3v) is 5.24. The number of nitrogens with one attached hydrogen (secondary N) is 1. The molecule has 0 atom stereocenters. The Balaban J connectivity index is 2.08. The minimum absolute atomic E-state index is 0.734. The van der Waals surface area contributed by atoms with Gasteiger partial charge in [-0.05, 0) is 36.2 Å². The van der Waals surface area contributed by atoms with Gasteiger partial charge in [-0.15, -0.1) is 0 Å². The average Bonchev–Trinajstić information content (AvgIpc) is 2.98. The molecular formula is C18H18ClNO2S. The minimum atomic E-state index is 0.734. The number of aromatic amines is 1. The summed E-state index contributed by atoms with van der Waals surface area (Å²) < 4.78 is 10.8. The monoisotopic (exact) mass is 347 g/mol. The largest absolute Gasteiger partial charge is 0.493 e. The van der Waals surface area contributed by atoms with Gasteiger partial charge in [-0.25, -0.2) is 0 Å². The fourth-order valence-electron chi connectivity index (χ4n) is 2.58. The summed E-state index contributed by atoms with van der Waals surface area (Å²) in [5.74, 6) is 1.49. The number of ether oxygens (including phenoxy) is 2. The van der Waals surface area contributed by atoms with Gasteiger partial charge in [0, 0.05) is 26.9 Å². The summed E-state index contributed by atoms with van der Waals surface area (Å²) >= 11 is 8.06. The standard InChI is InChI=1S/C18H18ClNO2S/c1-4-11-8-14(21-2)15(22-3)9-16(11)23-17-10-20-13-7-5-6-12(19)18(13)17/h5-10,20H,4H2,1-3H3. The van der Waals surface area contributed by atoms with Gasteiger partial charge in [0.15, 0.2) is 11.5 Å². The molecule has 0 aliphatic heterocycles. The maximum Gasteiger partial charge on any atom is 0.161 e. The smallest absolute Gasteiger partial charge is 0.161 e. The molecule has 0 spiro atoms. The summed E-state index contributed by atoms with van der Waals surface area (Å²) in [4.78, 5) is 5.53. The van der Waals surface area contributed by atoms with Crippen LogP contribution < -0.4 is 9.47 Å². The predicted octanol–water partition coefficient (Wildman–Crippen LogP) is 5.55. The molecule has 0 saturated carbocycles. The highest BCUT2D eigenvalue weighted by molar-refractivity contribution is 7.99. The zero-order valence-corrected chi connectivity index (χ0v) is 14.8. The van der Waals surface area contributed by atoms with E-state index in [1.54, 1.807) is 26.0 Å². The molecule has 3 aromatic rings. The van der Waals surface area contributed by atoms with E-state index in [0.29, 0.717) is 0 Å². The minimum Gasteiger partial charge on any atom is -0.493 e.